The van der Waals surface area contributed by atoms with Crippen LogP contribution < -0.4 is 4.90 Å². The van der Waals surface area contributed by atoms with Gasteiger partial charge in [-0.1, -0.05) is 66.7 Å². The van der Waals surface area contributed by atoms with E-state index in [-0.39, 0.29) is 5.91 Å². The average Bonchev–Trinajstić information content (AvgIpc) is 3.37. The van der Waals surface area contributed by atoms with Gasteiger partial charge in [0.15, 0.2) is 0 Å². The first-order valence-corrected chi connectivity index (χ1v) is 12.9. The Bertz CT molecular complexity index is 1600. The Morgan fingerprint density at radius 3 is 2.46 bits per heavy atom. The van der Waals surface area contributed by atoms with Gasteiger partial charge in [0.2, 0.25) is 0 Å². The average molecular weight is 492 g/mol. The van der Waals surface area contributed by atoms with E-state index in [0.29, 0.717) is 31.9 Å². The van der Waals surface area contributed by atoms with E-state index in [1.54, 1.807) is 0 Å². The molecular weight excluding hydrogens is 462 g/mol. The highest BCUT2D eigenvalue weighted by Crippen LogP contribution is 2.35. The lowest BCUT2D eigenvalue weighted by atomic mass is 10.0. The van der Waals surface area contributed by atoms with Gasteiger partial charge in [0.05, 0.1) is 0 Å². The summed E-state index contributed by atoms with van der Waals surface area (Å²) in [5.41, 5.74) is 4.00. The van der Waals surface area contributed by atoms with Crippen LogP contribution in [0.5, 0.6) is 0 Å². The normalized spacial score (nSPS) is 14.0. The van der Waals surface area contributed by atoms with Crippen molar-refractivity contribution < 1.29 is 9.32 Å². The van der Waals surface area contributed by atoms with Gasteiger partial charge in [-0.25, -0.2) is 4.98 Å². The van der Waals surface area contributed by atoms with Crippen molar-refractivity contribution >= 4 is 33.6 Å². The maximum Gasteiger partial charge on any atom is 0.263 e. The Hall–Kier alpha value is -4.26. The Kier molecular flexibility index (Phi) is 6.04. The summed E-state index contributed by atoms with van der Waals surface area (Å²) in [5.74, 6) is 1.67. The quantitative estimate of drug-likeness (QED) is 0.316. The minimum absolute atomic E-state index is 0.0825. The highest BCUT2D eigenvalue weighted by Gasteiger charge is 2.28. The number of carbonyl (C=O) groups is 1. The van der Waals surface area contributed by atoms with Crippen LogP contribution in [0.1, 0.15) is 35.1 Å². The molecular formula is C30H29N5O2. The van der Waals surface area contributed by atoms with E-state index in [9.17, 15) is 4.79 Å². The second-order valence-corrected chi connectivity index (χ2v) is 9.58. The number of anilines is 1. The molecule has 0 bridgehead atoms. The van der Waals surface area contributed by atoms with Gasteiger partial charge in [-0.15, -0.1) is 0 Å². The fraction of sp³-hybridized carbons (Fsp3) is 0.267. The molecule has 0 spiro atoms. The van der Waals surface area contributed by atoms with Crippen molar-refractivity contribution in [3.8, 4) is 11.3 Å². The maximum atomic E-state index is 13.2. The van der Waals surface area contributed by atoms with Gasteiger partial charge in [0.1, 0.15) is 22.7 Å². The van der Waals surface area contributed by atoms with Crippen molar-refractivity contribution in [3.63, 3.8) is 0 Å². The molecule has 7 heteroatoms. The molecule has 0 atom stereocenters. The minimum Gasteiger partial charge on any atom is -0.352 e. The van der Waals surface area contributed by atoms with Gasteiger partial charge in [0.25, 0.3) is 11.6 Å². The van der Waals surface area contributed by atoms with Crippen LogP contribution in [0.15, 0.2) is 71.3 Å². The summed E-state index contributed by atoms with van der Waals surface area (Å²) in [4.78, 5) is 27.0. The molecule has 0 saturated carbocycles. The molecule has 7 nitrogen and oxygen atoms in total. The monoisotopic (exact) mass is 491 g/mol. The number of hydrogen-bond acceptors (Lipinski definition) is 6. The lowest BCUT2D eigenvalue weighted by molar-refractivity contribution is 0.0746. The summed E-state index contributed by atoms with van der Waals surface area (Å²) >= 11 is 0. The predicted molar refractivity (Wildman–Crippen MR) is 146 cm³/mol. The third-order valence-corrected chi connectivity index (χ3v) is 7.10. The second-order valence-electron chi connectivity index (χ2n) is 9.58. The van der Waals surface area contributed by atoms with Crippen LogP contribution in [0.25, 0.3) is 33.1 Å². The SMILES string of the molecule is CCCc1nc(N2CCN(C(=O)c3ccccc3C)CC2)c2c(-c3ccc4ccccc4c3)noc2n1. The summed E-state index contributed by atoms with van der Waals surface area (Å²) in [5, 5.41) is 7.60. The number of fused-ring (bicyclic) bond motifs is 2. The number of hydrogen-bond donors (Lipinski definition) is 0. The number of nitrogens with zero attached hydrogens (tertiary/aromatic N) is 5. The third kappa shape index (κ3) is 4.31. The van der Waals surface area contributed by atoms with Crippen LogP contribution in [-0.4, -0.2) is 52.1 Å². The van der Waals surface area contributed by atoms with E-state index in [1.807, 2.05) is 48.2 Å². The van der Waals surface area contributed by atoms with Crippen LogP contribution in [0.4, 0.5) is 5.82 Å². The molecule has 1 saturated heterocycles. The number of piperazine rings is 1. The van der Waals surface area contributed by atoms with Crippen LogP contribution in [0.2, 0.25) is 0 Å². The van der Waals surface area contributed by atoms with Crippen LogP contribution in [0.3, 0.4) is 0 Å². The number of carbonyl (C=O) groups excluding carboxylic acids is 1. The van der Waals surface area contributed by atoms with Crippen molar-refractivity contribution in [2.24, 2.45) is 0 Å². The van der Waals surface area contributed by atoms with Gasteiger partial charge < -0.3 is 14.3 Å². The number of benzene rings is 3. The van der Waals surface area contributed by atoms with Crippen LogP contribution in [0, 0.1) is 6.92 Å². The molecule has 0 aliphatic carbocycles. The first-order chi connectivity index (χ1) is 18.1. The first kappa shape index (κ1) is 23.2. The number of aromatic nitrogens is 3. The summed E-state index contributed by atoms with van der Waals surface area (Å²) < 4.78 is 5.77. The lowest BCUT2D eigenvalue weighted by Crippen LogP contribution is -2.49. The fourth-order valence-corrected chi connectivity index (χ4v) is 5.08. The molecule has 1 aliphatic heterocycles. The Morgan fingerprint density at radius 1 is 0.919 bits per heavy atom. The lowest BCUT2D eigenvalue weighted by Gasteiger charge is -2.36. The molecule has 3 heterocycles. The van der Waals surface area contributed by atoms with Crippen molar-refractivity contribution in [1.29, 1.82) is 0 Å². The van der Waals surface area contributed by atoms with E-state index in [1.165, 1.54) is 5.39 Å². The topological polar surface area (TPSA) is 75.4 Å². The molecule has 1 fully saturated rings. The zero-order valence-corrected chi connectivity index (χ0v) is 21.1. The zero-order chi connectivity index (χ0) is 25.4. The molecule has 0 radical (unpaired) electrons. The number of rotatable bonds is 5. The van der Waals surface area contributed by atoms with Crippen molar-refractivity contribution in [1.82, 2.24) is 20.0 Å². The van der Waals surface area contributed by atoms with Gasteiger partial charge in [-0.05, 0) is 41.8 Å². The molecule has 6 rings (SSSR count). The Balaban J connectivity index is 1.35. The summed E-state index contributed by atoms with van der Waals surface area (Å²) in [7, 11) is 0. The van der Waals surface area contributed by atoms with E-state index in [0.717, 1.165) is 57.6 Å². The zero-order valence-electron chi connectivity index (χ0n) is 21.1. The summed E-state index contributed by atoms with van der Waals surface area (Å²) in [6.45, 7) is 6.70. The smallest absolute Gasteiger partial charge is 0.263 e. The van der Waals surface area contributed by atoms with Crippen molar-refractivity contribution in [3.05, 3.63) is 83.7 Å². The minimum atomic E-state index is 0.0825. The Labute approximate surface area is 215 Å². The van der Waals surface area contributed by atoms with Gasteiger partial charge in [-0.2, -0.15) is 4.98 Å². The highest BCUT2D eigenvalue weighted by atomic mass is 16.5. The molecule has 2 aromatic heterocycles. The molecule has 0 N–H and O–H groups in total. The third-order valence-electron chi connectivity index (χ3n) is 7.10. The van der Waals surface area contributed by atoms with E-state index in [4.69, 9.17) is 14.5 Å². The van der Waals surface area contributed by atoms with Gasteiger partial charge in [0, 0.05) is 43.7 Å². The van der Waals surface area contributed by atoms with E-state index in [2.05, 4.69) is 47.3 Å². The van der Waals surface area contributed by atoms with Gasteiger partial charge in [-0.3, -0.25) is 4.79 Å². The fourth-order valence-electron chi connectivity index (χ4n) is 5.08. The molecule has 37 heavy (non-hydrogen) atoms. The van der Waals surface area contributed by atoms with E-state index < -0.39 is 0 Å². The second kappa shape index (κ2) is 9.65. The number of amides is 1. The van der Waals surface area contributed by atoms with Gasteiger partial charge >= 0.3 is 0 Å². The molecule has 186 valence electrons. The van der Waals surface area contributed by atoms with Crippen LogP contribution >= 0.6 is 0 Å². The first-order valence-electron chi connectivity index (χ1n) is 12.9. The largest absolute Gasteiger partial charge is 0.352 e. The van der Waals surface area contributed by atoms with Crippen molar-refractivity contribution in [2.45, 2.75) is 26.7 Å². The summed E-state index contributed by atoms with van der Waals surface area (Å²) in [6, 6.07) is 22.4. The molecule has 1 aliphatic rings. The number of aryl methyl sites for hydroxylation is 2. The standard InChI is InChI=1S/C30H29N5O2/c1-3-8-25-31-28(34-15-17-35(18-16-34)30(36)24-12-7-4-9-20(24)2)26-27(33-37-29(26)32-25)23-14-13-21-10-5-6-11-22(21)19-23/h4-7,9-14,19H,3,8,15-18H2,1-2H3. The molecule has 1 amide bonds. The maximum absolute atomic E-state index is 13.2. The predicted octanol–water partition coefficient (Wildman–Crippen LogP) is 5.66. The Morgan fingerprint density at radius 2 is 1.68 bits per heavy atom. The highest BCUT2D eigenvalue weighted by molar-refractivity contribution is 6.00. The molecule has 0 unspecified atom stereocenters. The van der Waals surface area contributed by atoms with Crippen molar-refractivity contribution in [2.75, 3.05) is 31.1 Å². The molecule has 5 aromatic rings. The molecule has 3 aromatic carbocycles. The van der Waals surface area contributed by atoms with Crippen LogP contribution in [-0.2, 0) is 6.42 Å². The summed E-state index contributed by atoms with van der Waals surface area (Å²) in [6.07, 6.45) is 1.70. The van der Waals surface area contributed by atoms with E-state index >= 15 is 0 Å².